The van der Waals surface area contributed by atoms with Crippen LogP contribution < -0.4 is 10.0 Å². The molecular weight excluding hydrogens is 338 g/mol. The summed E-state index contributed by atoms with van der Waals surface area (Å²) in [6.07, 6.45) is 4.26. The Balaban J connectivity index is 1.83. The van der Waals surface area contributed by atoms with Crippen LogP contribution in [0.5, 0.6) is 0 Å². The highest BCUT2D eigenvalue weighted by molar-refractivity contribution is 7.89. The molecule has 1 aromatic carbocycles. The fraction of sp³-hybridized carbons (Fsp3) is 0.562. The van der Waals surface area contributed by atoms with Gasteiger partial charge in [-0.3, -0.25) is 4.79 Å². The van der Waals surface area contributed by atoms with Crippen LogP contribution >= 0.6 is 0 Å². The van der Waals surface area contributed by atoms with Crippen molar-refractivity contribution in [2.45, 2.75) is 50.0 Å². The molecule has 2 rings (SSSR count). The summed E-state index contributed by atoms with van der Waals surface area (Å²) in [6.45, 7) is 1.99. The third kappa shape index (κ3) is 4.98. The maximum Gasteiger partial charge on any atom is 0.240 e. The van der Waals surface area contributed by atoms with Gasteiger partial charge in [-0.25, -0.2) is 21.9 Å². The van der Waals surface area contributed by atoms with Gasteiger partial charge in [0.25, 0.3) is 0 Å². The third-order valence-electron chi connectivity index (χ3n) is 4.30. The Labute approximate surface area is 140 Å². The van der Waals surface area contributed by atoms with Crippen LogP contribution in [0.1, 0.15) is 39.0 Å². The minimum Gasteiger partial charge on any atom is -0.353 e. The van der Waals surface area contributed by atoms with Crippen molar-refractivity contribution in [3.05, 3.63) is 29.8 Å². The predicted molar refractivity (Wildman–Crippen MR) is 85.7 cm³/mol. The van der Waals surface area contributed by atoms with Gasteiger partial charge in [0.05, 0.1) is 4.90 Å². The highest BCUT2D eigenvalue weighted by atomic mass is 32.2. The van der Waals surface area contributed by atoms with Gasteiger partial charge in [-0.2, -0.15) is 0 Å². The van der Waals surface area contributed by atoms with Crippen LogP contribution in [0.4, 0.5) is 8.78 Å². The van der Waals surface area contributed by atoms with Gasteiger partial charge in [-0.15, -0.1) is 0 Å². The number of rotatable bonds is 6. The monoisotopic (exact) mass is 360 g/mol. The molecule has 1 saturated carbocycles. The molecule has 2 N–H and O–H groups in total. The van der Waals surface area contributed by atoms with Crippen LogP contribution in [0.25, 0.3) is 0 Å². The van der Waals surface area contributed by atoms with Crippen LogP contribution in [-0.2, 0) is 14.8 Å². The summed E-state index contributed by atoms with van der Waals surface area (Å²) in [5.74, 6) is -2.15. The first-order chi connectivity index (χ1) is 11.3. The molecule has 0 radical (unpaired) electrons. The molecule has 1 aliphatic rings. The number of benzene rings is 1. The summed E-state index contributed by atoms with van der Waals surface area (Å²) < 4.78 is 52.2. The lowest BCUT2D eigenvalue weighted by molar-refractivity contribution is -0.122. The molecule has 0 aromatic heterocycles. The zero-order valence-corrected chi connectivity index (χ0v) is 14.3. The molecule has 0 bridgehead atoms. The summed E-state index contributed by atoms with van der Waals surface area (Å²) in [7, 11) is -3.98. The first kappa shape index (κ1) is 18.8. The lowest BCUT2D eigenvalue weighted by Crippen LogP contribution is -2.42. The number of hydrogen-bond acceptors (Lipinski definition) is 3. The Morgan fingerprint density at radius 1 is 1.21 bits per heavy atom. The lowest BCUT2D eigenvalue weighted by Gasteiger charge is -2.29. The Morgan fingerprint density at radius 3 is 2.58 bits per heavy atom. The van der Waals surface area contributed by atoms with E-state index in [2.05, 4.69) is 17.0 Å². The number of nitrogens with one attached hydrogen (secondary N) is 2. The van der Waals surface area contributed by atoms with Gasteiger partial charge in [0.1, 0.15) is 0 Å². The lowest BCUT2D eigenvalue weighted by atomic mass is 9.86. The van der Waals surface area contributed by atoms with Crippen molar-refractivity contribution in [2.24, 2.45) is 5.92 Å². The summed E-state index contributed by atoms with van der Waals surface area (Å²) in [6, 6.07) is 2.47. The number of sulfonamides is 1. The first-order valence-corrected chi connectivity index (χ1v) is 9.52. The minimum absolute atomic E-state index is 0.00781. The predicted octanol–water partition coefficient (Wildman–Crippen LogP) is 2.33. The van der Waals surface area contributed by atoms with Gasteiger partial charge >= 0.3 is 0 Å². The van der Waals surface area contributed by atoms with Gasteiger partial charge in [0.2, 0.25) is 15.9 Å². The Morgan fingerprint density at radius 2 is 1.92 bits per heavy atom. The van der Waals surface area contributed by atoms with Gasteiger partial charge < -0.3 is 5.32 Å². The molecule has 134 valence electrons. The fourth-order valence-corrected chi connectivity index (χ4v) is 3.88. The van der Waals surface area contributed by atoms with E-state index in [-0.39, 0.29) is 29.8 Å². The van der Waals surface area contributed by atoms with Crippen molar-refractivity contribution in [3.63, 3.8) is 0 Å². The molecule has 0 aliphatic heterocycles. The third-order valence-corrected chi connectivity index (χ3v) is 5.76. The topological polar surface area (TPSA) is 75.3 Å². The summed E-state index contributed by atoms with van der Waals surface area (Å²) in [4.78, 5) is 11.5. The van der Waals surface area contributed by atoms with Gasteiger partial charge in [-0.05, 0) is 37.0 Å². The first-order valence-electron chi connectivity index (χ1n) is 8.03. The van der Waals surface area contributed by atoms with Crippen LogP contribution in [0.2, 0.25) is 0 Å². The van der Waals surface area contributed by atoms with E-state index in [0.717, 1.165) is 31.4 Å². The zero-order valence-electron chi connectivity index (χ0n) is 13.5. The van der Waals surface area contributed by atoms with Crippen molar-refractivity contribution >= 4 is 15.9 Å². The SMILES string of the molecule is C[C@H]1CCCC[C@H]1NC(=O)CCNS(=O)(=O)c1ccc(F)c(F)c1. The zero-order chi connectivity index (χ0) is 17.7. The molecule has 2 atom stereocenters. The summed E-state index contributed by atoms with van der Waals surface area (Å²) >= 11 is 0. The van der Waals surface area contributed by atoms with E-state index < -0.39 is 21.7 Å². The van der Waals surface area contributed by atoms with Crippen molar-refractivity contribution in [3.8, 4) is 0 Å². The van der Waals surface area contributed by atoms with Crippen molar-refractivity contribution in [1.29, 1.82) is 0 Å². The number of hydrogen-bond donors (Lipinski definition) is 2. The van der Waals surface area contributed by atoms with Gasteiger partial charge in [0, 0.05) is 19.0 Å². The molecule has 1 amide bonds. The van der Waals surface area contributed by atoms with E-state index in [1.165, 1.54) is 6.42 Å². The van der Waals surface area contributed by atoms with E-state index in [0.29, 0.717) is 12.0 Å². The minimum atomic E-state index is -3.98. The van der Waals surface area contributed by atoms with E-state index in [1.807, 2.05) is 0 Å². The molecule has 5 nitrogen and oxygen atoms in total. The number of carbonyl (C=O) groups excluding carboxylic acids is 1. The van der Waals surface area contributed by atoms with Crippen molar-refractivity contribution < 1.29 is 22.0 Å². The highest BCUT2D eigenvalue weighted by Crippen LogP contribution is 2.23. The molecule has 0 unspecified atom stereocenters. The number of halogens is 2. The highest BCUT2D eigenvalue weighted by Gasteiger charge is 2.23. The second-order valence-corrected chi connectivity index (χ2v) is 7.93. The maximum atomic E-state index is 13.1. The molecular formula is C16H22F2N2O3S. The smallest absolute Gasteiger partial charge is 0.240 e. The molecule has 0 heterocycles. The average molecular weight is 360 g/mol. The Hall–Kier alpha value is -1.54. The molecule has 1 aliphatic carbocycles. The van der Waals surface area contributed by atoms with Crippen LogP contribution in [0.15, 0.2) is 23.1 Å². The van der Waals surface area contributed by atoms with E-state index in [9.17, 15) is 22.0 Å². The second kappa shape index (κ2) is 8.02. The van der Waals surface area contributed by atoms with Gasteiger partial charge in [-0.1, -0.05) is 19.8 Å². The van der Waals surface area contributed by atoms with Crippen LogP contribution in [0.3, 0.4) is 0 Å². The van der Waals surface area contributed by atoms with E-state index >= 15 is 0 Å². The summed E-state index contributed by atoms with van der Waals surface area (Å²) in [5.41, 5.74) is 0. The molecule has 0 saturated heterocycles. The summed E-state index contributed by atoms with van der Waals surface area (Å²) in [5, 5.41) is 2.93. The molecule has 24 heavy (non-hydrogen) atoms. The molecule has 1 fully saturated rings. The van der Waals surface area contributed by atoms with Gasteiger partial charge in [0.15, 0.2) is 11.6 Å². The Bertz CT molecular complexity index is 695. The molecule has 1 aromatic rings. The quantitative estimate of drug-likeness (QED) is 0.818. The van der Waals surface area contributed by atoms with E-state index in [1.54, 1.807) is 0 Å². The largest absolute Gasteiger partial charge is 0.353 e. The fourth-order valence-electron chi connectivity index (χ4n) is 2.84. The number of amides is 1. The number of carbonyl (C=O) groups is 1. The molecule has 8 heteroatoms. The standard InChI is InChI=1S/C16H22F2N2O3S/c1-11-4-2-3-5-15(11)20-16(21)8-9-19-24(22,23)12-6-7-13(17)14(18)10-12/h6-7,10-11,15,19H,2-5,8-9H2,1H3,(H,20,21)/t11-,15+/m0/s1. The van der Waals surface area contributed by atoms with Crippen molar-refractivity contribution in [1.82, 2.24) is 10.0 Å². The normalized spacial score (nSPS) is 21.5. The van der Waals surface area contributed by atoms with Crippen molar-refractivity contribution in [2.75, 3.05) is 6.54 Å². The maximum absolute atomic E-state index is 13.1. The molecule has 0 spiro atoms. The van der Waals surface area contributed by atoms with E-state index in [4.69, 9.17) is 0 Å². The second-order valence-electron chi connectivity index (χ2n) is 6.16. The average Bonchev–Trinajstić information content (AvgIpc) is 2.52. The Kier molecular flexibility index (Phi) is 6.28. The van der Waals surface area contributed by atoms with Crippen LogP contribution in [-0.4, -0.2) is 26.9 Å². The van der Waals surface area contributed by atoms with Crippen LogP contribution in [0, 0.1) is 17.6 Å².